The number of carbonyl (C=O) groups excluding carboxylic acids is 1. The van der Waals surface area contributed by atoms with Crippen LogP contribution in [-0.2, 0) is 4.79 Å². The Balaban J connectivity index is 1.83. The number of fused-ring (bicyclic) bond motifs is 1. The predicted octanol–water partition coefficient (Wildman–Crippen LogP) is 2.07. The molecule has 0 radical (unpaired) electrons. The molecule has 98 valence electrons. The summed E-state index contributed by atoms with van der Waals surface area (Å²) in [5.74, 6) is 0.590. The van der Waals surface area contributed by atoms with Gasteiger partial charge in [0.25, 0.3) is 0 Å². The standard InChI is InChI=1S/C15H16N2O2/c16-9-11-5-3-4-8-17(11)15(18)13-10-19-14-7-2-1-6-12(13)14/h1-2,6-7,11,13H,3-5,8,10H2. The van der Waals surface area contributed by atoms with Crippen molar-refractivity contribution < 1.29 is 9.53 Å². The van der Waals surface area contributed by atoms with Crippen LogP contribution < -0.4 is 4.74 Å². The zero-order valence-electron chi connectivity index (χ0n) is 10.7. The monoisotopic (exact) mass is 256 g/mol. The number of carbonyl (C=O) groups is 1. The fraction of sp³-hybridized carbons (Fsp3) is 0.467. The van der Waals surface area contributed by atoms with Crippen molar-refractivity contribution in [2.24, 2.45) is 0 Å². The minimum atomic E-state index is -0.269. The second-order valence-corrected chi connectivity index (χ2v) is 5.07. The van der Waals surface area contributed by atoms with Crippen LogP contribution in [0.4, 0.5) is 0 Å². The highest BCUT2D eigenvalue weighted by Crippen LogP contribution is 2.35. The summed E-state index contributed by atoms with van der Waals surface area (Å²) in [6.07, 6.45) is 2.80. The van der Waals surface area contributed by atoms with Crippen LogP contribution in [0.5, 0.6) is 5.75 Å². The molecule has 19 heavy (non-hydrogen) atoms. The van der Waals surface area contributed by atoms with E-state index < -0.39 is 0 Å². The Labute approximate surface area is 112 Å². The lowest BCUT2D eigenvalue weighted by atomic mass is 9.96. The molecule has 4 nitrogen and oxygen atoms in total. The Bertz CT molecular complexity index is 535. The molecule has 3 rings (SSSR count). The third kappa shape index (κ3) is 2.06. The van der Waals surface area contributed by atoms with E-state index in [2.05, 4.69) is 6.07 Å². The molecule has 0 saturated carbocycles. The Kier molecular flexibility index (Phi) is 3.12. The van der Waals surface area contributed by atoms with E-state index in [9.17, 15) is 10.1 Å². The second kappa shape index (κ2) is 4.93. The Morgan fingerprint density at radius 2 is 2.21 bits per heavy atom. The molecular formula is C15H16N2O2. The van der Waals surface area contributed by atoms with E-state index in [1.807, 2.05) is 24.3 Å². The summed E-state index contributed by atoms with van der Waals surface area (Å²) in [7, 11) is 0. The van der Waals surface area contributed by atoms with Gasteiger partial charge in [-0.3, -0.25) is 4.79 Å². The van der Waals surface area contributed by atoms with Gasteiger partial charge in [-0.1, -0.05) is 18.2 Å². The molecule has 4 heteroatoms. The van der Waals surface area contributed by atoms with Gasteiger partial charge in [-0.2, -0.15) is 5.26 Å². The van der Waals surface area contributed by atoms with Crippen LogP contribution in [0.3, 0.4) is 0 Å². The highest BCUT2D eigenvalue weighted by molar-refractivity contribution is 5.86. The molecular weight excluding hydrogens is 240 g/mol. The molecule has 2 unspecified atom stereocenters. The van der Waals surface area contributed by atoms with Crippen molar-refractivity contribution >= 4 is 5.91 Å². The summed E-state index contributed by atoms with van der Waals surface area (Å²) in [5, 5.41) is 9.17. The molecule has 0 aromatic heterocycles. The van der Waals surface area contributed by atoms with E-state index in [0.717, 1.165) is 30.6 Å². The summed E-state index contributed by atoms with van der Waals surface area (Å²) in [6.45, 7) is 1.09. The Morgan fingerprint density at radius 3 is 3.05 bits per heavy atom. The van der Waals surface area contributed by atoms with Crippen molar-refractivity contribution in [3.05, 3.63) is 29.8 Å². The number of nitrogens with zero attached hydrogens (tertiary/aromatic N) is 2. The van der Waals surface area contributed by atoms with Gasteiger partial charge in [0.1, 0.15) is 24.3 Å². The Morgan fingerprint density at radius 1 is 1.37 bits per heavy atom. The fourth-order valence-corrected chi connectivity index (χ4v) is 2.90. The van der Waals surface area contributed by atoms with E-state index in [4.69, 9.17) is 4.74 Å². The number of ether oxygens (including phenoxy) is 1. The quantitative estimate of drug-likeness (QED) is 0.773. The average molecular weight is 256 g/mol. The van der Waals surface area contributed by atoms with E-state index >= 15 is 0 Å². The largest absolute Gasteiger partial charge is 0.492 e. The lowest BCUT2D eigenvalue weighted by molar-refractivity contribution is -0.135. The number of nitriles is 1. The number of para-hydroxylation sites is 1. The number of rotatable bonds is 1. The SMILES string of the molecule is N#CC1CCCCN1C(=O)C1COc2ccccc21. The van der Waals surface area contributed by atoms with Crippen LogP contribution in [0.2, 0.25) is 0 Å². The number of amides is 1. The van der Waals surface area contributed by atoms with Gasteiger partial charge in [0, 0.05) is 12.1 Å². The van der Waals surface area contributed by atoms with Crippen molar-refractivity contribution in [3.63, 3.8) is 0 Å². The topological polar surface area (TPSA) is 53.3 Å². The van der Waals surface area contributed by atoms with Crippen LogP contribution >= 0.6 is 0 Å². The average Bonchev–Trinajstić information content (AvgIpc) is 2.90. The number of hydrogen-bond donors (Lipinski definition) is 0. The summed E-state index contributed by atoms with van der Waals surface area (Å²) < 4.78 is 5.56. The molecule has 0 N–H and O–H groups in total. The number of piperidine rings is 1. The molecule has 1 aromatic carbocycles. The normalized spacial score (nSPS) is 25.3. The molecule has 2 atom stereocenters. The van der Waals surface area contributed by atoms with Crippen molar-refractivity contribution in [2.75, 3.05) is 13.2 Å². The van der Waals surface area contributed by atoms with Gasteiger partial charge in [-0.05, 0) is 25.3 Å². The molecule has 1 aromatic rings. The van der Waals surface area contributed by atoms with Gasteiger partial charge >= 0.3 is 0 Å². The lowest BCUT2D eigenvalue weighted by Crippen LogP contribution is -2.45. The molecule has 2 heterocycles. The summed E-state index contributed by atoms with van der Waals surface area (Å²) in [4.78, 5) is 14.4. The van der Waals surface area contributed by atoms with Gasteiger partial charge in [-0.25, -0.2) is 0 Å². The first-order chi connectivity index (χ1) is 9.31. The first-order valence-corrected chi connectivity index (χ1v) is 6.73. The number of likely N-dealkylation sites (tertiary alicyclic amines) is 1. The molecule has 1 saturated heterocycles. The maximum Gasteiger partial charge on any atom is 0.234 e. The molecule has 1 amide bonds. The molecule has 2 aliphatic rings. The Hall–Kier alpha value is -2.02. The molecule has 2 aliphatic heterocycles. The van der Waals surface area contributed by atoms with Crippen molar-refractivity contribution in [1.82, 2.24) is 4.90 Å². The predicted molar refractivity (Wildman–Crippen MR) is 69.6 cm³/mol. The minimum Gasteiger partial charge on any atom is -0.492 e. The highest BCUT2D eigenvalue weighted by atomic mass is 16.5. The maximum absolute atomic E-state index is 12.6. The molecule has 0 spiro atoms. The zero-order valence-corrected chi connectivity index (χ0v) is 10.7. The third-order valence-electron chi connectivity index (χ3n) is 3.93. The minimum absolute atomic E-state index is 0.0381. The molecule has 1 fully saturated rings. The van der Waals surface area contributed by atoms with Gasteiger partial charge < -0.3 is 9.64 Å². The second-order valence-electron chi connectivity index (χ2n) is 5.07. The van der Waals surface area contributed by atoms with Gasteiger partial charge in [0.2, 0.25) is 5.91 Å². The van der Waals surface area contributed by atoms with Gasteiger partial charge in [-0.15, -0.1) is 0 Å². The van der Waals surface area contributed by atoms with Crippen molar-refractivity contribution in [1.29, 1.82) is 5.26 Å². The van der Waals surface area contributed by atoms with Crippen LogP contribution in [-0.4, -0.2) is 30.0 Å². The number of benzene rings is 1. The highest BCUT2D eigenvalue weighted by Gasteiger charge is 2.36. The third-order valence-corrected chi connectivity index (χ3v) is 3.93. The van der Waals surface area contributed by atoms with E-state index in [0.29, 0.717) is 13.2 Å². The van der Waals surface area contributed by atoms with Crippen molar-refractivity contribution in [2.45, 2.75) is 31.2 Å². The zero-order chi connectivity index (χ0) is 13.2. The van der Waals surface area contributed by atoms with Crippen molar-refractivity contribution in [3.8, 4) is 11.8 Å². The van der Waals surface area contributed by atoms with Crippen LogP contribution in [0.1, 0.15) is 30.7 Å². The lowest BCUT2D eigenvalue weighted by Gasteiger charge is -2.33. The first-order valence-electron chi connectivity index (χ1n) is 6.73. The van der Waals surface area contributed by atoms with E-state index in [-0.39, 0.29) is 17.9 Å². The summed E-state index contributed by atoms with van der Waals surface area (Å²) >= 11 is 0. The van der Waals surface area contributed by atoms with Gasteiger partial charge in [0.05, 0.1) is 6.07 Å². The summed E-state index contributed by atoms with van der Waals surface area (Å²) in [5.41, 5.74) is 0.953. The van der Waals surface area contributed by atoms with Crippen LogP contribution in [0, 0.1) is 11.3 Å². The fourth-order valence-electron chi connectivity index (χ4n) is 2.90. The number of hydrogen-bond acceptors (Lipinski definition) is 3. The maximum atomic E-state index is 12.6. The summed E-state index contributed by atoms with van der Waals surface area (Å²) in [6, 6.07) is 9.64. The smallest absolute Gasteiger partial charge is 0.234 e. The van der Waals surface area contributed by atoms with Crippen LogP contribution in [0.15, 0.2) is 24.3 Å². The molecule has 0 aliphatic carbocycles. The molecule has 0 bridgehead atoms. The van der Waals surface area contributed by atoms with Crippen LogP contribution in [0.25, 0.3) is 0 Å². The van der Waals surface area contributed by atoms with E-state index in [1.54, 1.807) is 4.90 Å². The van der Waals surface area contributed by atoms with E-state index in [1.165, 1.54) is 0 Å². The van der Waals surface area contributed by atoms with Gasteiger partial charge in [0.15, 0.2) is 0 Å². The first kappa shape index (κ1) is 12.0.